The Morgan fingerprint density at radius 2 is 1.48 bits per heavy atom. The molecule has 2 aromatic rings. The first kappa shape index (κ1) is 17.8. The maximum absolute atomic E-state index is 10.0. The highest BCUT2D eigenvalue weighted by Gasteiger charge is 2.28. The number of benzene rings is 2. The predicted molar refractivity (Wildman–Crippen MR) is 103 cm³/mol. The fraction of sp³-hybridized carbons (Fsp3) is 0.478. The number of aromatic hydroxyl groups is 2. The van der Waals surface area contributed by atoms with Crippen molar-refractivity contribution < 1.29 is 10.2 Å². The molecule has 0 aliphatic heterocycles. The summed E-state index contributed by atoms with van der Waals surface area (Å²) in [6.45, 7) is 6.26. The predicted octanol–water partition coefficient (Wildman–Crippen LogP) is 6.18. The normalized spacial score (nSPS) is 21.9. The zero-order valence-corrected chi connectivity index (χ0v) is 15.6. The monoisotopic (exact) mass is 338 g/mol. The molecule has 2 N–H and O–H groups in total. The summed E-state index contributed by atoms with van der Waals surface area (Å²) in [6.07, 6.45) is 6.11. The Morgan fingerprint density at radius 3 is 2.00 bits per heavy atom. The van der Waals surface area contributed by atoms with E-state index in [0.717, 1.165) is 23.5 Å². The number of hydrogen-bond acceptors (Lipinski definition) is 2. The summed E-state index contributed by atoms with van der Waals surface area (Å²) in [4.78, 5) is 0. The second kappa shape index (κ2) is 7.51. The molecule has 1 saturated carbocycles. The Morgan fingerprint density at radius 1 is 0.920 bits per heavy atom. The number of hydrogen-bond donors (Lipinski definition) is 2. The summed E-state index contributed by atoms with van der Waals surface area (Å²) in [5.74, 6) is 2.72. The second-order valence-corrected chi connectivity index (χ2v) is 7.72. The summed E-state index contributed by atoms with van der Waals surface area (Å²) in [5.41, 5.74) is 4.74. The van der Waals surface area contributed by atoms with Gasteiger partial charge < -0.3 is 10.2 Å². The SMILES string of the molecule is CCC(c1ccc(O)cc1)C1CCC(c2cc(C)c(O)c(C)c2)CC1. The lowest BCUT2D eigenvalue weighted by molar-refractivity contribution is 0.276. The fourth-order valence-electron chi connectivity index (χ4n) is 4.64. The lowest BCUT2D eigenvalue weighted by Crippen LogP contribution is -2.19. The molecule has 0 radical (unpaired) electrons. The average molecular weight is 338 g/mol. The van der Waals surface area contributed by atoms with E-state index in [-0.39, 0.29) is 0 Å². The largest absolute Gasteiger partial charge is 0.508 e. The molecule has 3 rings (SSSR count). The molecule has 0 amide bonds. The minimum Gasteiger partial charge on any atom is -0.508 e. The molecular formula is C23H30O2. The Kier molecular flexibility index (Phi) is 5.36. The third-order valence-electron chi connectivity index (χ3n) is 6.09. The molecule has 1 atom stereocenters. The highest BCUT2D eigenvalue weighted by Crippen LogP contribution is 2.44. The van der Waals surface area contributed by atoms with Crippen molar-refractivity contribution in [1.29, 1.82) is 0 Å². The van der Waals surface area contributed by atoms with Gasteiger partial charge >= 0.3 is 0 Å². The molecule has 0 saturated heterocycles. The molecule has 2 heteroatoms. The minimum atomic E-state index is 0.348. The zero-order chi connectivity index (χ0) is 18.0. The van der Waals surface area contributed by atoms with Crippen LogP contribution in [0.2, 0.25) is 0 Å². The molecule has 0 bridgehead atoms. The average Bonchev–Trinajstić information content (AvgIpc) is 2.62. The Hall–Kier alpha value is -1.96. The topological polar surface area (TPSA) is 40.5 Å². The molecule has 2 aromatic carbocycles. The van der Waals surface area contributed by atoms with Gasteiger partial charge in [-0.1, -0.05) is 31.2 Å². The van der Waals surface area contributed by atoms with Gasteiger partial charge in [-0.3, -0.25) is 0 Å². The third-order valence-corrected chi connectivity index (χ3v) is 6.09. The van der Waals surface area contributed by atoms with Crippen LogP contribution in [0.1, 0.15) is 73.1 Å². The van der Waals surface area contributed by atoms with Crippen LogP contribution in [-0.2, 0) is 0 Å². The summed E-state index contributed by atoms with van der Waals surface area (Å²) in [5, 5.41) is 19.5. The first-order valence-corrected chi connectivity index (χ1v) is 9.58. The van der Waals surface area contributed by atoms with E-state index in [1.807, 2.05) is 26.0 Å². The van der Waals surface area contributed by atoms with Gasteiger partial charge in [0.05, 0.1) is 0 Å². The number of phenols is 2. The van der Waals surface area contributed by atoms with Crippen LogP contribution < -0.4 is 0 Å². The molecular weight excluding hydrogens is 308 g/mol. The molecule has 0 spiro atoms. The minimum absolute atomic E-state index is 0.348. The smallest absolute Gasteiger partial charge is 0.121 e. The van der Waals surface area contributed by atoms with Gasteiger partial charge in [-0.15, -0.1) is 0 Å². The van der Waals surface area contributed by atoms with E-state index in [4.69, 9.17) is 0 Å². The molecule has 25 heavy (non-hydrogen) atoms. The quantitative estimate of drug-likeness (QED) is 0.698. The van der Waals surface area contributed by atoms with Crippen molar-refractivity contribution in [2.45, 2.75) is 64.7 Å². The van der Waals surface area contributed by atoms with Gasteiger partial charge in [0, 0.05) is 0 Å². The summed E-state index contributed by atoms with van der Waals surface area (Å²) >= 11 is 0. The van der Waals surface area contributed by atoms with Crippen LogP contribution in [0.4, 0.5) is 0 Å². The molecule has 1 unspecified atom stereocenters. The molecule has 1 fully saturated rings. The lowest BCUT2D eigenvalue weighted by atomic mass is 9.71. The molecule has 2 nitrogen and oxygen atoms in total. The van der Waals surface area contributed by atoms with Gasteiger partial charge in [-0.25, -0.2) is 0 Å². The summed E-state index contributed by atoms with van der Waals surface area (Å²) in [7, 11) is 0. The van der Waals surface area contributed by atoms with Crippen LogP contribution in [0.3, 0.4) is 0 Å². The summed E-state index contributed by atoms with van der Waals surface area (Å²) in [6, 6.07) is 12.1. The number of phenolic OH excluding ortho intramolecular Hbond substituents is 2. The van der Waals surface area contributed by atoms with Crippen LogP contribution in [0.5, 0.6) is 11.5 Å². The first-order valence-electron chi connectivity index (χ1n) is 9.58. The zero-order valence-electron chi connectivity index (χ0n) is 15.6. The molecule has 1 aliphatic rings. The maximum atomic E-state index is 10.0. The second-order valence-electron chi connectivity index (χ2n) is 7.72. The van der Waals surface area contributed by atoms with Crippen molar-refractivity contribution in [1.82, 2.24) is 0 Å². The summed E-state index contributed by atoms with van der Waals surface area (Å²) < 4.78 is 0. The molecule has 134 valence electrons. The van der Waals surface area contributed by atoms with Gasteiger partial charge in [0.2, 0.25) is 0 Å². The fourth-order valence-corrected chi connectivity index (χ4v) is 4.64. The Balaban J connectivity index is 1.69. The van der Waals surface area contributed by atoms with Crippen molar-refractivity contribution in [2.24, 2.45) is 5.92 Å². The highest BCUT2D eigenvalue weighted by atomic mass is 16.3. The van der Waals surface area contributed by atoms with Gasteiger partial charge in [-0.2, -0.15) is 0 Å². The van der Waals surface area contributed by atoms with Crippen LogP contribution in [0.25, 0.3) is 0 Å². The van der Waals surface area contributed by atoms with Crippen molar-refractivity contribution in [3.63, 3.8) is 0 Å². The Bertz CT molecular complexity index is 686. The first-order chi connectivity index (χ1) is 12.0. The van der Waals surface area contributed by atoms with Crippen LogP contribution >= 0.6 is 0 Å². The van der Waals surface area contributed by atoms with Gasteiger partial charge in [-0.05, 0) is 98.1 Å². The highest BCUT2D eigenvalue weighted by molar-refractivity contribution is 5.43. The van der Waals surface area contributed by atoms with E-state index in [0.29, 0.717) is 23.3 Å². The number of aryl methyl sites for hydroxylation is 2. The maximum Gasteiger partial charge on any atom is 0.121 e. The van der Waals surface area contributed by atoms with E-state index in [1.54, 1.807) is 0 Å². The van der Waals surface area contributed by atoms with Crippen LogP contribution in [0.15, 0.2) is 36.4 Å². The van der Waals surface area contributed by atoms with E-state index in [2.05, 4.69) is 31.2 Å². The van der Waals surface area contributed by atoms with E-state index >= 15 is 0 Å². The van der Waals surface area contributed by atoms with Crippen molar-refractivity contribution in [3.8, 4) is 11.5 Å². The van der Waals surface area contributed by atoms with Crippen LogP contribution in [0, 0.1) is 19.8 Å². The van der Waals surface area contributed by atoms with E-state index < -0.39 is 0 Å². The van der Waals surface area contributed by atoms with Crippen molar-refractivity contribution >= 4 is 0 Å². The van der Waals surface area contributed by atoms with E-state index in [1.165, 1.54) is 36.8 Å². The lowest BCUT2D eigenvalue weighted by Gasteiger charge is -2.34. The van der Waals surface area contributed by atoms with Gasteiger partial charge in [0.25, 0.3) is 0 Å². The van der Waals surface area contributed by atoms with Crippen molar-refractivity contribution in [2.75, 3.05) is 0 Å². The number of rotatable bonds is 4. The Labute approximate surface area is 151 Å². The van der Waals surface area contributed by atoms with Gasteiger partial charge in [0.1, 0.15) is 11.5 Å². The third kappa shape index (κ3) is 3.84. The van der Waals surface area contributed by atoms with Crippen LogP contribution in [-0.4, -0.2) is 10.2 Å². The molecule has 0 aromatic heterocycles. The van der Waals surface area contributed by atoms with E-state index in [9.17, 15) is 10.2 Å². The molecule has 0 heterocycles. The van der Waals surface area contributed by atoms with Crippen molar-refractivity contribution in [3.05, 3.63) is 58.7 Å². The standard InChI is InChI=1S/C23H30O2/c1-4-22(19-9-11-21(24)12-10-19)18-7-5-17(6-8-18)20-13-15(2)23(25)16(3)14-20/h9-14,17-18,22,24-25H,4-8H2,1-3H3. The molecule has 1 aliphatic carbocycles. The van der Waals surface area contributed by atoms with Gasteiger partial charge in [0.15, 0.2) is 0 Å².